The summed E-state index contributed by atoms with van der Waals surface area (Å²) in [4.78, 5) is 27.4. The lowest BCUT2D eigenvalue weighted by Crippen LogP contribution is -2.48. The van der Waals surface area contributed by atoms with Gasteiger partial charge in [-0.05, 0) is 48.6 Å². The van der Waals surface area contributed by atoms with Gasteiger partial charge in [-0.25, -0.2) is 0 Å². The van der Waals surface area contributed by atoms with Crippen molar-refractivity contribution in [2.75, 3.05) is 21.3 Å². The van der Waals surface area contributed by atoms with Crippen LogP contribution < -0.4 is 14.8 Å². The second-order valence-electron chi connectivity index (χ2n) is 7.18. The number of hydrogen-bond acceptors (Lipinski definition) is 4. The van der Waals surface area contributed by atoms with Gasteiger partial charge in [0.05, 0.1) is 14.2 Å². The Morgan fingerprint density at radius 2 is 1.77 bits per heavy atom. The van der Waals surface area contributed by atoms with Crippen LogP contribution in [0.1, 0.15) is 36.5 Å². The van der Waals surface area contributed by atoms with E-state index >= 15 is 0 Å². The molecule has 0 saturated carbocycles. The van der Waals surface area contributed by atoms with Crippen LogP contribution in [0, 0.1) is 6.92 Å². The van der Waals surface area contributed by atoms with Crippen LogP contribution in [0.4, 0.5) is 0 Å². The van der Waals surface area contributed by atoms with E-state index in [1.807, 2.05) is 56.3 Å². The fourth-order valence-corrected chi connectivity index (χ4v) is 3.49. The number of ether oxygens (including phenoxy) is 2. The van der Waals surface area contributed by atoms with Crippen molar-refractivity contribution in [1.82, 2.24) is 10.2 Å². The van der Waals surface area contributed by atoms with E-state index in [-0.39, 0.29) is 11.8 Å². The van der Waals surface area contributed by atoms with Crippen molar-refractivity contribution in [2.24, 2.45) is 0 Å². The third-order valence-electron chi connectivity index (χ3n) is 5.31. The molecule has 0 heterocycles. The second-order valence-corrected chi connectivity index (χ2v) is 7.18. The molecule has 6 heteroatoms. The summed E-state index contributed by atoms with van der Waals surface area (Å²) >= 11 is 0. The molecule has 0 aliphatic carbocycles. The van der Waals surface area contributed by atoms with Crippen LogP contribution in [0.2, 0.25) is 0 Å². The first-order valence-electron chi connectivity index (χ1n) is 10.2. The van der Waals surface area contributed by atoms with Gasteiger partial charge in [-0.3, -0.25) is 9.59 Å². The van der Waals surface area contributed by atoms with Crippen molar-refractivity contribution in [2.45, 2.75) is 45.7 Å². The summed E-state index contributed by atoms with van der Waals surface area (Å²) in [7, 11) is 4.78. The van der Waals surface area contributed by atoms with Crippen LogP contribution in [0.25, 0.3) is 0 Å². The van der Waals surface area contributed by atoms with Gasteiger partial charge in [0.15, 0.2) is 11.5 Å². The highest BCUT2D eigenvalue weighted by Crippen LogP contribution is 2.28. The van der Waals surface area contributed by atoms with Crippen molar-refractivity contribution in [3.63, 3.8) is 0 Å². The van der Waals surface area contributed by atoms with Crippen LogP contribution in [-0.2, 0) is 22.6 Å². The van der Waals surface area contributed by atoms with Crippen molar-refractivity contribution < 1.29 is 19.1 Å². The van der Waals surface area contributed by atoms with Gasteiger partial charge in [0, 0.05) is 20.0 Å². The number of methoxy groups -OCH3 is 2. The summed E-state index contributed by atoms with van der Waals surface area (Å²) in [6.07, 6.45) is 1.40. The standard InChI is InChI=1S/C24H32N2O4/c1-6-20(24(28)25-3)26(16-19-10-8-7-9-17(19)2)23(27)14-12-18-11-13-21(29-4)22(15-18)30-5/h7-11,13,15,20H,6,12,14,16H2,1-5H3,(H,25,28)/t20-/m0/s1. The lowest BCUT2D eigenvalue weighted by atomic mass is 10.0. The van der Waals surface area contributed by atoms with E-state index in [0.29, 0.717) is 37.3 Å². The normalized spacial score (nSPS) is 11.5. The number of rotatable bonds is 10. The van der Waals surface area contributed by atoms with Gasteiger partial charge in [-0.2, -0.15) is 0 Å². The molecule has 0 aromatic heterocycles. The molecule has 1 N–H and O–H groups in total. The molecule has 2 rings (SSSR count). The number of carbonyl (C=O) groups is 2. The Morgan fingerprint density at radius 1 is 1.07 bits per heavy atom. The summed E-state index contributed by atoms with van der Waals surface area (Å²) < 4.78 is 10.6. The summed E-state index contributed by atoms with van der Waals surface area (Å²) in [5.41, 5.74) is 3.12. The quantitative estimate of drug-likeness (QED) is 0.649. The van der Waals surface area contributed by atoms with Gasteiger partial charge in [0.1, 0.15) is 6.04 Å². The molecule has 1 atom stereocenters. The minimum Gasteiger partial charge on any atom is -0.493 e. The van der Waals surface area contributed by atoms with E-state index in [9.17, 15) is 9.59 Å². The third kappa shape index (κ3) is 5.75. The molecule has 162 valence electrons. The molecule has 30 heavy (non-hydrogen) atoms. The zero-order chi connectivity index (χ0) is 22.1. The van der Waals surface area contributed by atoms with Gasteiger partial charge in [0.25, 0.3) is 0 Å². The predicted octanol–water partition coefficient (Wildman–Crippen LogP) is 3.50. The Bertz CT molecular complexity index is 866. The number of amides is 2. The summed E-state index contributed by atoms with van der Waals surface area (Å²) in [5, 5.41) is 2.69. The first-order chi connectivity index (χ1) is 14.4. The maximum atomic E-state index is 13.2. The first kappa shape index (κ1) is 23.3. The SMILES string of the molecule is CC[C@@H](C(=O)NC)N(Cc1ccccc1C)C(=O)CCc1ccc(OC)c(OC)c1. The second kappa shape index (κ2) is 11.2. The van der Waals surface area contributed by atoms with E-state index in [1.54, 1.807) is 26.2 Å². The van der Waals surface area contributed by atoms with Gasteiger partial charge in [-0.1, -0.05) is 37.3 Å². The molecule has 2 aromatic rings. The average Bonchev–Trinajstić information content (AvgIpc) is 2.77. The van der Waals surface area contributed by atoms with E-state index in [1.165, 1.54) is 0 Å². The number of likely N-dealkylation sites (N-methyl/N-ethyl adjacent to an activating group) is 1. The maximum Gasteiger partial charge on any atom is 0.242 e. The number of hydrogen-bond donors (Lipinski definition) is 1. The van der Waals surface area contributed by atoms with E-state index in [0.717, 1.165) is 16.7 Å². The Hall–Kier alpha value is -3.02. The smallest absolute Gasteiger partial charge is 0.242 e. The number of aryl methyl sites for hydroxylation is 2. The molecule has 0 spiro atoms. The van der Waals surface area contributed by atoms with Crippen molar-refractivity contribution in [3.05, 3.63) is 59.2 Å². The average molecular weight is 413 g/mol. The van der Waals surface area contributed by atoms with E-state index < -0.39 is 6.04 Å². The lowest BCUT2D eigenvalue weighted by molar-refractivity contribution is -0.141. The molecule has 0 fully saturated rings. The Morgan fingerprint density at radius 3 is 2.37 bits per heavy atom. The fourth-order valence-electron chi connectivity index (χ4n) is 3.49. The zero-order valence-corrected chi connectivity index (χ0v) is 18.5. The zero-order valence-electron chi connectivity index (χ0n) is 18.5. The molecular formula is C24H32N2O4. The Balaban J connectivity index is 2.21. The van der Waals surface area contributed by atoms with Crippen LogP contribution in [0.3, 0.4) is 0 Å². The van der Waals surface area contributed by atoms with Gasteiger partial charge < -0.3 is 19.7 Å². The van der Waals surface area contributed by atoms with Crippen LogP contribution in [-0.4, -0.2) is 44.0 Å². The Kier molecular flexibility index (Phi) is 8.71. The number of nitrogens with one attached hydrogen (secondary N) is 1. The fraction of sp³-hybridized carbons (Fsp3) is 0.417. The lowest BCUT2D eigenvalue weighted by Gasteiger charge is -2.31. The highest BCUT2D eigenvalue weighted by molar-refractivity contribution is 5.87. The van der Waals surface area contributed by atoms with Gasteiger partial charge in [-0.15, -0.1) is 0 Å². The monoisotopic (exact) mass is 412 g/mol. The summed E-state index contributed by atoms with van der Waals surface area (Å²) in [6, 6.07) is 13.1. The van der Waals surface area contributed by atoms with Crippen LogP contribution in [0.15, 0.2) is 42.5 Å². The first-order valence-corrected chi connectivity index (χ1v) is 10.2. The molecule has 2 amide bonds. The molecular weight excluding hydrogens is 380 g/mol. The molecule has 0 unspecified atom stereocenters. The summed E-state index contributed by atoms with van der Waals surface area (Å²) in [6.45, 7) is 4.35. The Labute approximate surface area is 179 Å². The highest BCUT2D eigenvalue weighted by Gasteiger charge is 2.28. The molecule has 0 aliphatic rings. The largest absolute Gasteiger partial charge is 0.493 e. The molecule has 0 saturated heterocycles. The van der Waals surface area contributed by atoms with Crippen LogP contribution >= 0.6 is 0 Å². The highest BCUT2D eigenvalue weighted by atomic mass is 16.5. The molecule has 6 nitrogen and oxygen atoms in total. The number of benzene rings is 2. The molecule has 0 radical (unpaired) electrons. The predicted molar refractivity (Wildman–Crippen MR) is 118 cm³/mol. The number of carbonyl (C=O) groups excluding carboxylic acids is 2. The summed E-state index contributed by atoms with van der Waals surface area (Å²) in [5.74, 6) is 1.09. The topological polar surface area (TPSA) is 67.9 Å². The maximum absolute atomic E-state index is 13.2. The van der Waals surface area contributed by atoms with Crippen molar-refractivity contribution in [1.29, 1.82) is 0 Å². The van der Waals surface area contributed by atoms with Crippen LogP contribution in [0.5, 0.6) is 11.5 Å². The third-order valence-corrected chi connectivity index (χ3v) is 5.31. The molecule has 0 aliphatic heterocycles. The van der Waals surface area contributed by atoms with E-state index in [2.05, 4.69) is 5.32 Å². The molecule has 0 bridgehead atoms. The molecule has 2 aromatic carbocycles. The van der Waals surface area contributed by atoms with Crippen molar-refractivity contribution >= 4 is 11.8 Å². The minimum atomic E-state index is -0.507. The van der Waals surface area contributed by atoms with Crippen molar-refractivity contribution in [3.8, 4) is 11.5 Å². The van der Waals surface area contributed by atoms with Gasteiger partial charge in [0.2, 0.25) is 11.8 Å². The van der Waals surface area contributed by atoms with Gasteiger partial charge >= 0.3 is 0 Å². The number of nitrogens with zero attached hydrogens (tertiary/aromatic N) is 1. The van der Waals surface area contributed by atoms with E-state index in [4.69, 9.17) is 9.47 Å². The minimum absolute atomic E-state index is 0.0523.